The molecule has 3 atom stereocenters. The molecule has 0 spiro atoms. The number of carbonyl (C=O) groups excluding carboxylic acids is 4. The normalized spacial score (nSPS) is 13.7. The van der Waals surface area contributed by atoms with Gasteiger partial charge < -0.3 is 15.4 Å². The zero-order chi connectivity index (χ0) is 36.5. The molecule has 0 aliphatic rings. The summed E-state index contributed by atoms with van der Waals surface area (Å²) in [6.07, 6.45) is -6.08. The molecule has 0 aromatic heterocycles. The summed E-state index contributed by atoms with van der Waals surface area (Å²) < 4.78 is 72.5. The average molecular weight is 730 g/mol. The van der Waals surface area contributed by atoms with E-state index in [-0.39, 0.29) is 12.8 Å². The molecule has 2 amide bonds. The second-order valence-electron chi connectivity index (χ2n) is 11.8. The van der Waals surface area contributed by atoms with Gasteiger partial charge in [0.1, 0.15) is 12.3 Å². The number of nitrogens with one attached hydrogen (secondary N) is 2. The lowest BCUT2D eigenvalue weighted by Crippen LogP contribution is -2.52. The minimum atomic E-state index is -4.99. The highest BCUT2D eigenvalue weighted by molar-refractivity contribution is 6.34. The maximum Gasteiger partial charge on any atom is 0.405 e. The van der Waals surface area contributed by atoms with Gasteiger partial charge in [0, 0.05) is 34.7 Å². The quantitative estimate of drug-likeness (QED) is 0.119. The van der Waals surface area contributed by atoms with Crippen molar-refractivity contribution < 1.29 is 45.9 Å². The molecule has 0 radical (unpaired) electrons. The first-order chi connectivity index (χ1) is 22.9. The molecule has 3 aromatic rings. The standard InChI is InChI=1S/C35H35Cl2F5N2O5/c1-20(2)27(32(47)35(41,42)33(48)43-19-34(38,39)40)17-30(45)29(13-21-7-5-4-6-8-21)44-31(46)18-28(22-9-11-26(49-3)12-10-22)23-14-24(36)16-25(37)15-23/h4-12,14-16,20,27-29H,13,17-19H2,1-3H3,(H,43,48)(H,44,46)/t27-,28?,29-/m0/s1. The Morgan fingerprint density at radius 2 is 1.41 bits per heavy atom. The third-order valence-corrected chi connectivity index (χ3v) is 8.24. The van der Waals surface area contributed by atoms with Crippen LogP contribution in [0.4, 0.5) is 22.0 Å². The van der Waals surface area contributed by atoms with Crippen LogP contribution in [0.2, 0.25) is 10.0 Å². The number of carbonyl (C=O) groups is 4. The maximum absolute atomic E-state index is 14.8. The summed E-state index contributed by atoms with van der Waals surface area (Å²) in [5.74, 6) is -13.4. The number of hydrogen-bond acceptors (Lipinski definition) is 5. The Morgan fingerprint density at radius 3 is 1.94 bits per heavy atom. The highest BCUT2D eigenvalue weighted by atomic mass is 35.5. The Kier molecular flexibility index (Phi) is 13.7. The van der Waals surface area contributed by atoms with Crippen LogP contribution in [0.25, 0.3) is 0 Å². The van der Waals surface area contributed by atoms with Gasteiger partial charge in [-0.3, -0.25) is 19.2 Å². The molecular weight excluding hydrogens is 694 g/mol. The van der Waals surface area contributed by atoms with Gasteiger partial charge in [-0.25, -0.2) is 0 Å². The van der Waals surface area contributed by atoms with E-state index in [0.717, 1.165) is 5.32 Å². The van der Waals surface area contributed by atoms with E-state index in [0.29, 0.717) is 32.5 Å². The Hall–Kier alpha value is -4.03. The minimum Gasteiger partial charge on any atom is -0.497 e. The average Bonchev–Trinajstić information content (AvgIpc) is 3.03. The van der Waals surface area contributed by atoms with Gasteiger partial charge in [0.05, 0.1) is 13.2 Å². The number of rotatable bonds is 16. The van der Waals surface area contributed by atoms with Gasteiger partial charge in [-0.05, 0) is 59.4 Å². The van der Waals surface area contributed by atoms with Crippen LogP contribution < -0.4 is 15.4 Å². The second kappa shape index (κ2) is 17.1. The van der Waals surface area contributed by atoms with Gasteiger partial charge in [-0.1, -0.05) is 79.5 Å². The van der Waals surface area contributed by atoms with E-state index in [1.54, 1.807) is 66.7 Å². The van der Waals surface area contributed by atoms with E-state index in [4.69, 9.17) is 27.9 Å². The molecule has 0 saturated carbocycles. The van der Waals surface area contributed by atoms with Crippen LogP contribution in [0.1, 0.15) is 49.3 Å². The topological polar surface area (TPSA) is 102 Å². The zero-order valence-electron chi connectivity index (χ0n) is 26.8. The molecule has 3 rings (SSSR count). The second-order valence-corrected chi connectivity index (χ2v) is 12.7. The fraction of sp³-hybridized carbons (Fsp3) is 0.371. The number of ketones is 2. The predicted octanol–water partition coefficient (Wildman–Crippen LogP) is 7.37. The molecule has 2 N–H and O–H groups in total. The van der Waals surface area contributed by atoms with Crippen LogP contribution in [-0.4, -0.2) is 55.2 Å². The van der Waals surface area contributed by atoms with Crippen LogP contribution in [0.5, 0.6) is 5.75 Å². The van der Waals surface area contributed by atoms with Crippen LogP contribution >= 0.6 is 23.2 Å². The smallest absolute Gasteiger partial charge is 0.405 e. The summed E-state index contributed by atoms with van der Waals surface area (Å²) in [4.78, 5) is 52.3. The van der Waals surface area contributed by atoms with Gasteiger partial charge in [0.2, 0.25) is 11.7 Å². The fourth-order valence-electron chi connectivity index (χ4n) is 5.20. The van der Waals surface area contributed by atoms with E-state index in [1.165, 1.54) is 27.0 Å². The molecule has 0 bridgehead atoms. The summed E-state index contributed by atoms with van der Waals surface area (Å²) in [5, 5.41) is 4.37. The lowest BCUT2D eigenvalue weighted by molar-refractivity contribution is -0.167. The van der Waals surface area contributed by atoms with E-state index < -0.39 is 72.2 Å². The van der Waals surface area contributed by atoms with Gasteiger partial charge in [0.25, 0.3) is 5.91 Å². The fourth-order valence-corrected chi connectivity index (χ4v) is 5.74. The summed E-state index contributed by atoms with van der Waals surface area (Å²) >= 11 is 12.5. The maximum atomic E-state index is 14.8. The summed E-state index contributed by atoms with van der Waals surface area (Å²) in [7, 11) is 1.50. The van der Waals surface area contributed by atoms with Gasteiger partial charge in [-0.15, -0.1) is 0 Å². The minimum absolute atomic E-state index is 0.0664. The third-order valence-electron chi connectivity index (χ3n) is 7.81. The monoisotopic (exact) mass is 728 g/mol. The Balaban J connectivity index is 1.90. The Bertz CT molecular complexity index is 1600. The number of alkyl halides is 5. The molecule has 3 aromatic carbocycles. The predicted molar refractivity (Wildman–Crippen MR) is 175 cm³/mol. The lowest BCUT2D eigenvalue weighted by Gasteiger charge is -2.26. The van der Waals surface area contributed by atoms with Crippen LogP contribution in [0, 0.1) is 11.8 Å². The summed E-state index contributed by atoms with van der Waals surface area (Å²) in [5.41, 5.74) is 1.90. The van der Waals surface area contributed by atoms with Crippen molar-refractivity contribution in [3.63, 3.8) is 0 Å². The van der Waals surface area contributed by atoms with Crippen LogP contribution in [-0.2, 0) is 25.6 Å². The van der Waals surface area contributed by atoms with Crippen molar-refractivity contribution in [1.82, 2.24) is 10.6 Å². The van der Waals surface area contributed by atoms with Crippen molar-refractivity contribution >= 4 is 46.6 Å². The molecule has 7 nitrogen and oxygen atoms in total. The first-order valence-corrected chi connectivity index (χ1v) is 15.9. The van der Waals surface area contributed by atoms with Gasteiger partial charge in [0.15, 0.2) is 5.78 Å². The third kappa shape index (κ3) is 11.5. The van der Waals surface area contributed by atoms with Crippen molar-refractivity contribution in [3.8, 4) is 5.75 Å². The van der Waals surface area contributed by atoms with Crippen molar-refractivity contribution in [3.05, 3.63) is 99.5 Å². The molecular formula is C35H35Cl2F5N2O5. The Morgan fingerprint density at radius 1 is 0.816 bits per heavy atom. The molecule has 0 aliphatic carbocycles. The molecule has 14 heteroatoms. The molecule has 49 heavy (non-hydrogen) atoms. The van der Waals surface area contributed by atoms with Crippen LogP contribution in [0.3, 0.4) is 0 Å². The molecule has 0 heterocycles. The molecule has 264 valence electrons. The van der Waals surface area contributed by atoms with Crippen molar-refractivity contribution in [2.45, 2.75) is 57.2 Å². The number of hydrogen-bond donors (Lipinski definition) is 2. The summed E-state index contributed by atoms with van der Waals surface area (Å²) in [6.45, 7) is 0.657. The largest absolute Gasteiger partial charge is 0.497 e. The van der Waals surface area contributed by atoms with E-state index in [9.17, 15) is 41.1 Å². The van der Waals surface area contributed by atoms with Crippen molar-refractivity contribution in [2.24, 2.45) is 11.8 Å². The van der Waals surface area contributed by atoms with Crippen molar-refractivity contribution in [2.75, 3.05) is 13.7 Å². The van der Waals surface area contributed by atoms with Crippen molar-refractivity contribution in [1.29, 1.82) is 0 Å². The van der Waals surface area contributed by atoms with E-state index in [1.807, 2.05) is 0 Å². The number of methoxy groups -OCH3 is 1. The number of Topliss-reactive ketones (excluding diaryl/α,β-unsaturated/α-hetero) is 2. The summed E-state index contributed by atoms with van der Waals surface area (Å²) in [6, 6.07) is 18.9. The number of benzene rings is 3. The lowest BCUT2D eigenvalue weighted by atomic mass is 9.82. The molecule has 0 aliphatic heterocycles. The first kappa shape index (κ1) is 39.4. The zero-order valence-corrected chi connectivity index (χ0v) is 28.3. The SMILES string of the molecule is COc1ccc(C(CC(=O)N[C@@H](Cc2ccccc2)C(=O)C[C@H](C(=O)C(F)(F)C(=O)NCC(F)(F)F)C(C)C)c2cc(Cl)cc(Cl)c2)cc1. The molecule has 0 fully saturated rings. The van der Waals surface area contributed by atoms with Gasteiger partial charge in [-0.2, -0.15) is 22.0 Å². The van der Waals surface area contributed by atoms with E-state index >= 15 is 0 Å². The Labute approximate surface area is 290 Å². The number of halogens is 7. The van der Waals surface area contributed by atoms with Gasteiger partial charge >= 0.3 is 12.1 Å². The molecule has 1 unspecified atom stereocenters. The van der Waals surface area contributed by atoms with Crippen LogP contribution in [0.15, 0.2) is 72.8 Å². The highest BCUT2D eigenvalue weighted by Crippen LogP contribution is 2.34. The first-order valence-electron chi connectivity index (χ1n) is 15.1. The highest BCUT2D eigenvalue weighted by Gasteiger charge is 2.51. The molecule has 0 saturated heterocycles. The van der Waals surface area contributed by atoms with E-state index in [2.05, 4.69) is 5.32 Å². The number of ether oxygens (including phenoxy) is 1. The number of amides is 2.